The van der Waals surface area contributed by atoms with Crippen molar-refractivity contribution in [3.05, 3.63) is 23.8 Å². The summed E-state index contributed by atoms with van der Waals surface area (Å²) in [6.07, 6.45) is 2.26. The summed E-state index contributed by atoms with van der Waals surface area (Å²) in [5, 5.41) is 2.73. The van der Waals surface area contributed by atoms with E-state index >= 15 is 0 Å². The van der Waals surface area contributed by atoms with Gasteiger partial charge in [0.05, 0.1) is 10.4 Å². The van der Waals surface area contributed by atoms with Crippen LogP contribution < -0.4 is 15.8 Å². The number of benzene rings is 1. The van der Waals surface area contributed by atoms with Crippen molar-refractivity contribution in [2.75, 3.05) is 12.4 Å². The third-order valence-electron chi connectivity index (χ3n) is 3.73. The highest BCUT2D eigenvalue weighted by Gasteiger charge is 2.40. The van der Waals surface area contributed by atoms with Gasteiger partial charge in [0.15, 0.2) is 0 Å². The highest BCUT2D eigenvalue weighted by Crippen LogP contribution is 2.31. The number of nitrogens with two attached hydrogens (primary N) is 1. The molecule has 1 saturated carbocycles. The zero-order chi connectivity index (χ0) is 15.0. The predicted molar refractivity (Wildman–Crippen MR) is 76.8 cm³/mol. The molecule has 0 unspecified atom stereocenters. The quantitative estimate of drug-likeness (QED) is 0.762. The maximum Gasteiger partial charge on any atom is 0.244 e. The van der Waals surface area contributed by atoms with E-state index < -0.39 is 15.6 Å². The molecule has 1 aromatic rings. The number of sulfonamides is 1. The lowest BCUT2D eigenvalue weighted by Gasteiger charge is -2.36. The maximum absolute atomic E-state index is 12.1. The Kier molecular flexibility index (Phi) is 3.86. The highest BCUT2D eigenvalue weighted by molar-refractivity contribution is 7.89. The number of rotatable bonds is 4. The van der Waals surface area contributed by atoms with Crippen molar-refractivity contribution in [3.8, 4) is 0 Å². The van der Waals surface area contributed by atoms with Gasteiger partial charge >= 0.3 is 0 Å². The molecular formula is C13H19N3O3S. The number of carbonyl (C=O) groups is 1. The Morgan fingerprint density at radius 2 is 2.00 bits per heavy atom. The zero-order valence-corrected chi connectivity index (χ0v) is 12.4. The molecule has 2 rings (SSSR count). The molecule has 0 spiro atoms. The van der Waals surface area contributed by atoms with Crippen molar-refractivity contribution in [2.24, 2.45) is 5.73 Å². The smallest absolute Gasteiger partial charge is 0.244 e. The number of carbonyl (C=O) groups excluding carboxylic acids is 1. The molecule has 110 valence electrons. The molecule has 0 aliphatic heterocycles. The monoisotopic (exact) mass is 297 g/mol. The van der Waals surface area contributed by atoms with Crippen LogP contribution in [0.15, 0.2) is 23.1 Å². The summed E-state index contributed by atoms with van der Waals surface area (Å²) >= 11 is 0. The molecule has 1 fully saturated rings. The van der Waals surface area contributed by atoms with Crippen LogP contribution in [0, 0.1) is 6.92 Å². The third-order valence-corrected chi connectivity index (χ3v) is 5.15. The Balaban J connectivity index is 2.28. The fraction of sp³-hybridized carbons (Fsp3) is 0.462. The van der Waals surface area contributed by atoms with Crippen molar-refractivity contribution in [1.29, 1.82) is 0 Å². The average molecular weight is 297 g/mol. The first-order valence-electron chi connectivity index (χ1n) is 6.43. The van der Waals surface area contributed by atoms with E-state index in [-0.39, 0.29) is 10.8 Å². The van der Waals surface area contributed by atoms with Gasteiger partial charge in [0.25, 0.3) is 0 Å². The Labute approximate surface area is 118 Å². The first-order chi connectivity index (χ1) is 9.28. The molecule has 7 heteroatoms. The topological polar surface area (TPSA) is 101 Å². The second kappa shape index (κ2) is 5.16. The fourth-order valence-corrected chi connectivity index (χ4v) is 2.81. The second-order valence-corrected chi connectivity index (χ2v) is 7.03. The van der Waals surface area contributed by atoms with Crippen LogP contribution in [0.4, 0.5) is 5.69 Å². The molecule has 20 heavy (non-hydrogen) atoms. The number of hydrogen-bond donors (Lipinski definition) is 3. The van der Waals surface area contributed by atoms with E-state index in [1.54, 1.807) is 13.0 Å². The molecule has 1 aromatic carbocycles. The van der Waals surface area contributed by atoms with Gasteiger partial charge in [-0.3, -0.25) is 4.79 Å². The van der Waals surface area contributed by atoms with Crippen LogP contribution in [0.25, 0.3) is 0 Å². The molecule has 0 atom stereocenters. The summed E-state index contributed by atoms with van der Waals surface area (Å²) in [4.78, 5) is 12.2. The average Bonchev–Trinajstić information content (AvgIpc) is 2.38. The first kappa shape index (κ1) is 15.0. The zero-order valence-electron chi connectivity index (χ0n) is 11.6. The molecule has 0 radical (unpaired) electrons. The molecule has 6 nitrogen and oxygen atoms in total. The number of nitrogens with one attached hydrogen (secondary N) is 2. The van der Waals surface area contributed by atoms with Crippen LogP contribution in [0.2, 0.25) is 0 Å². The summed E-state index contributed by atoms with van der Waals surface area (Å²) in [5.74, 6) is -0.258. The molecule has 0 bridgehead atoms. The lowest BCUT2D eigenvalue weighted by Crippen LogP contribution is -2.56. The molecule has 1 amide bonds. The molecular weight excluding hydrogens is 278 g/mol. The van der Waals surface area contributed by atoms with Crippen LogP contribution in [0.1, 0.15) is 24.8 Å². The van der Waals surface area contributed by atoms with Crippen molar-refractivity contribution < 1.29 is 13.2 Å². The Hall–Kier alpha value is -1.44. The van der Waals surface area contributed by atoms with E-state index in [4.69, 9.17) is 5.73 Å². The predicted octanol–water partition coefficient (Wildman–Crippen LogP) is 0.723. The highest BCUT2D eigenvalue weighted by atomic mass is 32.2. The van der Waals surface area contributed by atoms with Gasteiger partial charge in [0.1, 0.15) is 0 Å². The van der Waals surface area contributed by atoms with Crippen LogP contribution >= 0.6 is 0 Å². The van der Waals surface area contributed by atoms with Gasteiger partial charge < -0.3 is 11.1 Å². The van der Waals surface area contributed by atoms with Crippen LogP contribution in [-0.4, -0.2) is 26.9 Å². The number of aryl methyl sites for hydroxylation is 1. The Bertz CT molecular complexity index is 636. The molecule has 4 N–H and O–H groups in total. The van der Waals surface area contributed by atoms with Crippen LogP contribution in [0.3, 0.4) is 0 Å². The normalized spacial score (nSPS) is 17.4. The van der Waals surface area contributed by atoms with Gasteiger partial charge in [-0.05, 0) is 50.9 Å². The molecule has 0 saturated heterocycles. The van der Waals surface area contributed by atoms with Crippen molar-refractivity contribution in [3.63, 3.8) is 0 Å². The van der Waals surface area contributed by atoms with Gasteiger partial charge in [0.2, 0.25) is 15.9 Å². The Morgan fingerprint density at radius 1 is 1.35 bits per heavy atom. The lowest BCUT2D eigenvalue weighted by molar-refractivity contribution is -0.123. The first-order valence-corrected chi connectivity index (χ1v) is 7.91. The van der Waals surface area contributed by atoms with Crippen LogP contribution in [-0.2, 0) is 14.8 Å². The van der Waals surface area contributed by atoms with Crippen molar-refractivity contribution in [1.82, 2.24) is 4.72 Å². The summed E-state index contributed by atoms with van der Waals surface area (Å²) in [5.41, 5.74) is 6.40. The van der Waals surface area contributed by atoms with E-state index in [0.717, 1.165) is 12.0 Å². The van der Waals surface area contributed by atoms with E-state index in [9.17, 15) is 13.2 Å². The van der Waals surface area contributed by atoms with E-state index in [0.29, 0.717) is 18.5 Å². The van der Waals surface area contributed by atoms with Gasteiger partial charge in [0, 0.05) is 5.69 Å². The van der Waals surface area contributed by atoms with Crippen LogP contribution in [0.5, 0.6) is 0 Å². The van der Waals surface area contributed by atoms with E-state index in [1.165, 1.54) is 19.2 Å². The minimum absolute atomic E-state index is 0.112. The summed E-state index contributed by atoms with van der Waals surface area (Å²) in [7, 11) is -2.19. The van der Waals surface area contributed by atoms with Gasteiger partial charge in [-0.2, -0.15) is 0 Å². The standard InChI is InChI=1S/C13H19N3O3S/c1-9-4-5-10(20(18,19)15-2)8-11(9)16-12(17)13(14)6-3-7-13/h4-5,8,15H,3,6-7,14H2,1-2H3,(H,16,17). The van der Waals surface area contributed by atoms with Crippen molar-refractivity contribution >= 4 is 21.6 Å². The minimum atomic E-state index is -3.53. The Morgan fingerprint density at radius 3 is 2.50 bits per heavy atom. The fourth-order valence-electron chi connectivity index (χ4n) is 2.05. The van der Waals surface area contributed by atoms with E-state index in [2.05, 4.69) is 10.0 Å². The summed E-state index contributed by atoms with van der Waals surface area (Å²) in [6.45, 7) is 1.80. The molecule has 1 aliphatic carbocycles. The summed E-state index contributed by atoms with van der Waals surface area (Å²) in [6, 6.07) is 4.60. The van der Waals surface area contributed by atoms with E-state index in [1.807, 2.05) is 0 Å². The minimum Gasteiger partial charge on any atom is -0.324 e. The number of hydrogen-bond acceptors (Lipinski definition) is 4. The molecule has 0 heterocycles. The maximum atomic E-state index is 12.1. The number of anilines is 1. The summed E-state index contributed by atoms with van der Waals surface area (Å²) < 4.78 is 25.8. The molecule has 0 aromatic heterocycles. The molecule has 1 aliphatic rings. The van der Waals surface area contributed by atoms with Gasteiger partial charge in [-0.15, -0.1) is 0 Å². The SMILES string of the molecule is CNS(=O)(=O)c1ccc(C)c(NC(=O)C2(N)CCC2)c1. The number of amides is 1. The lowest BCUT2D eigenvalue weighted by atomic mass is 9.77. The van der Waals surface area contributed by atoms with Crippen molar-refractivity contribution in [2.45, 2.75) is 36.6 Å². The van der Waals surface area contributed by atoms with Gasteiger partial charge in [-0.25, -0.2) is 13.1 Å². The van der Waals surface area contributed by atoms with Gasteiger partial charge in [-0.1, -0.05) is 6.07 Å². The second-order valence-electron chi connectivity index (χ2n) is 5.15. The largest absolute Gasteiger partial charge is 0.324 e. The third kappa shape index (κ3) is 2.70.